The second kappa shape index (κ2) is 7.98. The van der Waals surface area contributed by atoms with E-state index in [2.05, 4.69) is 4.72 Å². The molecule has 24 heavy (non-hydrogen) atoms. The predicted octanol–water partition coefficient (Wildman–Crippen LogP) is 1.61. The molecule has 0 spiro atoms. The van der Waals surface area contributed by atoms with Crippen LogP contribution in [0.3, 0.4) is 0 Å². The number of likely N-dealkylation sites (tertiary alicyclic amines) is 1. The van der Waals surface area contributed by atoms with E-state index in [0.717, 1.165) is 42.4 Å². The van der Waals surface area contributed by atoms with Crippen LogP contribution in [0, 0.1) is 13.8 Å². The number of carbonyl (C=O) groups excluding carboxylic acids is 1. The number of benzene rings is 1. The fourth-order valence-electron chi connectivity index (χ4n) is 3.03. The summed E-state index contributed by atoms with van der Waals surface area (Å²) in [5, 5.41) is 0. The van der Waals surface area contributed by atoms with Gasteiger partial charge in [0.25, 0.3) is 5.91 Å². The van der Waals surface area contributed by atoms with Gasteiger partial charge in [0.1, 0.15) is 5.75 Å². The van der Waals surface area contributed by atoms with Crippen LogP contribution in [0.25, 0.3) is 0 Å². The van der Waals surface area contributed by atoms with Crippen molar-refractivity contribution in [3.05, 3.63) is 29.3 Å². The maximum absolute atomic E-state index is 12.6. The van der Waals surface area contributed by atoms with E-state index in [4.69, 9.17) is 4.74 Å². The smallest absolute Gasteiger partial charge is 0.260 e. The number of ether oxygens (including phenoxy) is 1. The van der Waals surface area contributed by atoms with E-state index >= 15 is 0 Å². The van der Waals surface area contributed by atoms with Crippen molar-refractivity contribution in [2.24, 2.45) is 0 Å². The van der Waals surface area contributed by atoms with Crippen LogP contribution in [0.5, 0.6) is 5.75 Å². The standard InChI is InChI=1S/C17H26N2O4S/c1-13-7-6-8-14(2)17(13)23-12-16(20)19-10-5-4-9-15(19)11-18-24(3,21)22/h6-8,15,18H,4-5,9-12H2,1-3H3/t15-/m0/s1. The lowest BCUT2D eigenvalue weighted by Gasteiger charge is -2.35. The van der Waals surface area contributed by atoms with Crippen molar-refractivity contribution in [2.45, 2.75) is 39.2 Å². The number of nitrogens with zero attached hydrogens (tertiary/aromatic N) is 1. The van der Waals surface area contributed by atoms with Crippen molar-refractivity contribution in [3.8, 4) is 5.75 Å². The Morgan fingerprint density at radius 3 is 2.58 bits per heavy atom. The Kier molecular flexibility index (Phi) is 6.23. The van der Waals surface area contributed by atoms with Gasteiger partial charge in [-0.2, -0.15) is 0 Å². The molecule has 1 N–H and O–H groups in total. The van der Waals surface area contributed by atoms with Gasteiger partial charge in [-0.15, -0.1) is 0 Å². The van der Waals surface area contributed by atoms with Gasteiger partial charge in [-0.1, -0.05) is 18.2 Å². The average Bonchev–Trinajstić information content (AvgIpc) is 2.52. The summed E-state index contributed by atoms with van der Waals surface area (Å²) in [6.07, 6.45) is 3.87. The number of hydrogen-bond donors (Lipinski definition) is 1. The minimum absolute atomic E-state index is 0.0267. The average molecular weight is 354 g/mol. The monoisotopic (exact) mass is 354 g/mol. The summed E-state index contributed by atoms with van der Waals surface area (Å²) in [5.74, 6) is 0.645. The molecule has 1 heterocycles. The van der Waals surface area contributed by atoms with Gasteiger partial charge in [-0.25, -0.2) is 13.1 Å². The quantitative estimate of drug-likeness (QED) is 0.842. The molecular weight excluding hydrogens is 328 g/mol. The number of para-hydroxylation sites is 1. The molecule has 2 rings (SSSR count). The number of hydrogen-bond acceptors (Lipinski definition) is 4. The highest BCUT2D eigenvalue weighted by Gasteiger charge is 2.27. The van der Waals surface area contributed by atoms with Crippen molar-refractivity contribution >= 4 is 15.9 Å². The van der Waals surface area contributed by atoms with Gasteiger partial charge in [0.15, 0.2) is 6.61 Å². The summed E-state index contributed by atoms with van der Waals surface area (Å²) in [4.78, 5) is 14.3. The number of sulfonamides is 1. The van der Waals surface area contributed by atoms with Crippen LogP contribution >= 0.6 is 0 Å². The first kappa shape index (κ1) is 18.7. The van der Waals surface area contributed by atoms with Crippen LogP contribution in [-0.2, 0) is 14.8 Å². The van der Waals surface area contributed by atoms with E-state index in [-0.39, 0.29) is 25.1 Å². The van der Waals surface area contributed by atoms with E-state index in [9.17, 15) is 13.2 Å². The molecule has 0 bridgehead atoms. The number of nitrogens with one attached hydrogen (secondary N) is 1. The SMILES string of the molecule is Cc1cccc(C)c1OCC(=O)N1CCCC[C@H]1CNS(C)(=O)=O. The Morgan fingerprint density at radius 2 is 1.96 bits per heavy atom. The van der Waals surface area contributed by atoms with Gasteiger partial charge in [-0.3, -0.25) is 4.79 Å². The fraction of sp³-hybridized carbons (Fsp3) is 0.588. The first-order valence-corrected chi connectivity index (χ1v) is 10.1. The molecule has 134 valence electrons. The Labute approximate surface area is 144 Å². The highest BCUT2D eigenvalue weighted by Crippen LogP contribution is 2.23. The second-order valence-corrected chi connectivity index (χ2v) is 8.20. The Balaban J connectivity index is 1.98. The van der Waals surface area contributed by atoms with E-state index in [1.165, 1.54) is 0 Å². The van der Waals surface area contributed by atoms with E-state index in [1.807, 2.05) is 32.0 Å². The number of rotatable bonds is 6. The lowest BCUT2D eigenvalue weighted by Crippen LogP contribution is -2.50. The second-order valence-electron chi connectivity index (χ2n) is 6.37. The topological polar surface area (TPSA) is 75.7 Å². The lowest BCUT2D eigenvalue weighted by molar-refractivity contribution is -0.136. The minimum atomic E-state index is -3.26. The molecule has 1 aliphatic rings. The summed E-state index contributed by atoms with van der Waals surface area (Å²) in [6, 6.07) is 5.75. The van der Waals surface area contributed by atoms with Crippen molar-refractivity contribution < 1.29 is 17.9 Å². The molecule has 1 fully saturated rings. The largest absolute Gasteiger partial charge is 0.483 e. The van der Waals surface area contributed by atoms with Crippen LogP contribution in [0.2, 0.25) is 0 Å². The van der Waals surface area contributed by atoms with E-state index in [1.54, 1.807) is 4.90 Å². The maximum atomic E-state index is 12.6. The Bertz CT molecular complexity index is 668. The van der Waals surface area contributed by atoms with Crippen LogP contribution in [-0.4, -0.2) is 51.2 Å². The maximum Gasteiger partial charge on any atom is 0.260 e. The zero-order chi connectivity index (χ0) is 17.7. The van der Waals surface area contributed by atoms with E-state index in [0.29, 0.717) is 6.54 Å². The molecule has 1 aliphatic heterocycles. The first-order valence-electron chi connectivity index (χ1n) is 8.21. The van der Waals surface area contributed by atoms with Crippen LogP contribution < -0.4 is 9.46 Å². The molecule has 0 unspecified atom stereocenters. The Hall–Kier alpha value is -1.60. The highest BCUT2D eigenvalue weighted by molar-refractivity contribution is 7.88. The number of carbonyl (C=O) groups is 1. The summed E-state index contributed by atoms with van der Waals surface area (Å²) >= 11 is 0. The third kappa shape index (κ3) is 5.21. The van der Waals surface area contributed by atoms with E-state index < -0.39 is 10.0 Å². The van der Waals surface area contributed by atoms with Crippen LogP contribution in [0.1, 0.15) is 30.4 Å². The van der Waals surface area contributed by atoms with Gasteiger partial charge in [-0.05, 0) is 44.2 Å². The van der Waals surface area contributed by atoms with Gasteiger partial charge in [0.05, 0.1) is 6.26 Å². The lowest BCUT2D eigenvalue weighted by atomic mass is 10.0. The molecule has 0 aliphatic carbocycles. The summed E-state index contributed by atoms with van der Waals surface area (Å²) in [7, 11) is -3.26. The molecule has 1 aromatic carbocycles. The molecule has 1 amide bonds. The minimum Gasteiger partial charge on any atom is -0.483 e. The van der Waals surface area contributed by atoms with Gasteiger partial charge >= 0.3 is 0 Å². The molecule has 7 heteroatoms. The van der Waals surface area contributed by atoms with Crippen molar-refractivity contribution in [2.75, 3.05) is 26.0 Å². The summed E-state index contributed by atoms with van der Waals surface area (Å²) < 4.78 is 30.8. The Morgan fingerprint density at radius 1 is 1.29 bits per heavy atom. The van der Waals surface area contributed by atoms with Crippen molar-refractivity contribution in [1.29, 1.82) is 0 Å². The van der Waals surface area contributed by atoms with Gasteiger partial charge in [0.2, 0.25) is 10.0 Å². The molecule has 1 atom stereocenters. The summed E-state index contributed by atoms with van der Waals surface area (Å²) in [6.45, 7) is 4.78. The third-order valence-electron chi connectivity index (χ3n) is 4.28. The molecule has 0 saturated carbocycles. The molecule has 0 radical (unpaired) electrons. The molecular formula is C17H26N2O4S. The van der Waals surface area contributed by atoms with Crippen LogP contribution in [0.15, 0.2) is 18.2 Å². The molecule has 1 saturated heterocycles. The normalized spacial score (nSPS) is 18.5. The summed E-state index contributed by atoms with van der Waals surface area (Å²) in [5.41, 5.74) is 1.99. The number of aryl methyl sites for hydroxylation is 2. The van der Waals surface area contributed by atoms with Crippen molar-refractivity contribution in [1.82, 2.24) is 9.62 Å². The van der Waals surface area contributed by atoms with Crippen LogP contribution in [0.4, 0.5) is 0 Å². The number of piperidine rings is 1. The van der Waals surface area contributed by atoms with Gasteiger partial charge in [0, 0.05) is 19.1 Å². The van der Waals surface area contributed by atoms with Gasteiger partial charge < -0.3 is 9.64 Å². The highest BCUT2D eigenvalue weighted by atomic mass is 32.2. The fourth-order valence-corrected chi connectivity index (χ4v) is 3.53. The molecule has 0 aromatic heterocycles. The first-order chi connectivity index (χ1) is 11.3. The molecule has 6 nitrogen and oxygen atoms in total. The number of amides is 1. The molecule has 1 aromatic rings. The predicted molar refractivity (Wildman–Crippen MR) is 93.6 cm³/mol. The zero-order valence-electron chi connectivity index (χ0n) is 14.5. The zero-order valence-corrected chi connectivity index (χ0v) is 15.4. The third-order valence-corrected chi connectivity index (χ3v) is 4.97. The van der Waals surface area contributed by atoms with Crippen molar-refractivity contribution in [3.63, 3.8) is 0 Å².